The lowest BCUT2D eigenvalue weighted by atomic mass is 9.98. The molecule has 3 aromatic heterocycles. The van der Waals surface area contributed by atoms with Crippen molar-refractivity contribution in [3.05, 3.63) is 188 Å². The fraction of sp³-hybridized carbons (Fsp3) is 0. The van der Waals surface area contributed by atoms with Crippen molar-refractivity contribution >= 4 is 32.2 Å². The molecule has 0 saturated carbocycles. The van der Waals surface area contributed by atoms with Crippen molar-refractivity contribution in [3.63, 3.8) is 0 Å². The van der Waals surface area contributed by atoms with E-state index in [0.717, 1.165) is 66.4 Å². The Balaban J connectivity index is 1.18. The quantitative estimate of drug-likeness (QED) is 0.164. The van der Waals surface area contributed by atoms with E-state index in [-0.39, 0.29) is 0 Å². The van der Waals surface area contributed by atoms with Crippen molar-refractivity contribution in [2.75, 3.05) is 0 Å². The lowest BCUT2D eigenvalue weighted by Gasteiger charge is -2.16. The van der Waals surface area contributed by atoms with Crippen molar-refractivity contribution < 1.29 is 0 Å². The Labute approximate surface area is 322 Å². The number of hydrogen-bond donors (Lipinski definition) is 0. The summed E-state index contributed by atoms with van der Waals surface area (Å²) in [6, 6.07) is 64.5. The summed E-state index contributed by atoms with van der Waals surface area (Å²) < 4.78 is 1.19. The van der Waals surface area contributed by atoms with Gasteiger partial charge in [0.1, 0.15) is 0 Å². The molecule has 0 atom stereocenters. The molecule has 0 fully saturated rings. The van der Waals surface area contributed by atoms with E-state index in [1.54, 1.807) is 11.3 Å². The Morgan fingerprint density at radius 1 is 0.273 bits per heavy atom. The van der Waals surface area contributed by atoms with Crippen LogP contribution in [-0.4, -0.2) is 24.9 Å². The van der Waals surface area contributed by atoms with Crippen LogP contribution in [0.3, 0.4) is 0 Å². The molecule has 5 nitrogen and oxygen atoms in total. The van der Waals surface area contributed by atoms with Crippen LogP contribution in [0, 0.1) is 0 Å². The summed E-state index contributed by atoms with van der Waals surface area (Å²) in [4.78, 5) is 27.2. The molecule has 0 bridgehead atoms. The van der Waals surface area contributed by atoms with E-state index < -0.39 is 0 Å². The van der Waals surface area contributed by atoms with Crippen molar-refractivity contribution in [2.45, 2.75) is 0 Å². The number of rotatable bonds is 7. The molecule has 0 aliphatic rings. The van der Waals surface area contributed by atoms with Gasteiger partial charge in [-0.1, -0.05) is 164 Å². The normalized spacial score (nSPS) is 11.3. The fourth-order valence-corrected chi connectivity index (χ4v) is 8.00. The second-order valence-corrected chi connectivity index (χ2v) is 14.4. The molecule has 0 aliphatic carbocycles. The van der Waals surface area contributed by atoms with Crippen LogP contribution in [0.4, 0.5) is 0 Å². The number of nitrogens with zero attached hydrogens (tertiary/aromatic N) is 5. The van der Waals surface area contributed by atoms with E-state index in [9.17, 15) is 0 Å². The first-order valence-electron chi connectivity index (χ1n) is 18.2. The molecular formula is C49H31N5S. The van der Waals surface area contributed by atoms with Gasteiger partial charge < -0.3 is 0 Å². The van der Waals surface area contributed by atoms with E-state index in [4.69, 9.17) is 24.9 Å². The zero-order valence-electron chi connectivity index (χ0n) is 29.5. The zero-order chi connectivity index (χ0) is 36.6. The van der Waals surface area contributed by atoms with Gasteiger partial charge in [-0.25, -0.2) is 24.9 Å². The standard InChI is InChI=1S/C49H31N5S/c1-4-16-33(17-5-1)43-44(34-18-6-2-7-19-34)51-46(45(50-43)35-20-8-3-9-21-35)38-24-14-25-39(30-38)47-52-48(40-28-27-32-15-10-11-22-36(32)29-40)54-49(53-47)42-31-37-23-12-13-26-41(37)55-42/h1-31H. The summed E-state index contributed by atoms with van der Waals surface area (Å²) in [6.45, 7) is 0. The molecule has 0 radical (unpaired) electrons. The number of benzene rings is 7. The minimum absolute atomic E-state index is 0.589. The number of thiophene rings is 1. The maximum Gasteiger partial charge on any atom is 0.174 e. The highest BCUT2D eigenvalue weighted by atomic mass is 32.1. The molecule has 6 heteroatoms. The van der Waals surface area contributed by atoms with Gasteiger partial charge in [-0.2, -0.15) is 0 Å². The first kappa shape index (κ1) is 32.5. The van der Waals surface area contributed by atoms with Crippen LogP contribution in [0.2, 0.25) is 0 Å². The van der Waals surface area contributed by atoms with Crippen LogP contribution in [0.25, 0.3) is 99.4 Å². The number of fused-ring (bicyclic) bond motifs is 2. The van der Waals surface area contributed by atoms with Gasteiger partial charge in [-0.3, -0.25) is 0 Å². The predicted octanol–water partition coefficient (Wildman–Crippen LogP) is 12.7. The summed E-state index contributed by atoms with van der Waals surface area (Å²) in [5.41, 5.74) is 8.92. The first-order valence-corrected chi connectivity index (χ1v) is 19.0. The second-order valence-electron chi connectivity index (χ2n) is 13.3. The molecule has 0 N–H and O–H groups in total. The minimum Gasteiger partial charge on any atom is -0.243 e. The van der Waals surface area contributed by atoms with Crippen LogP contribution in [0.5, 0.6) is 0 Å². The molecule has 3 heterocycles. The van der Waals surface area contributed by atoms with Gasteiger partial charge >= 0.3 is 0 Å². The third-order valence-electron chi connectivity index (χ3n) is 9.72. The predicted molar refractivity (Wildman–Crippen MR) is 226 cm³/mol. The van der Waals surface area contributed by atoms with Gasteiger partial charge in [-0.05, 0) is 40.4 Å². The van der Waals surface area contributed by atoms with Crippen LogP contribution >= 0.6 is 11.3 Å². The summed E-state index contributed by atoms with van der Waals surface area (Å²) >= 11 is 1.69. The monoisotopic (exact) mass is 721 g/mol. The maximum absolute atomic E-state index is 5.47. The SMILES string of the molecule is c1ccc(-c2nc(-c3ccccc3)c(-c3cccc(-c4nc(-c5ccc6ccccc6c5)nc(-c5cc6ccccc6s5)n4)c3)nc2-c2ccccc2)cc1. The average Bonchev–Trinajstić information content (AvgIpc) is 3.71. The largest absolute Gasteiger partial charge is 0.243 e. The molecule has 10 rings (SSSR count). The minimum atomic E-state index is 0.589. The summed E-state index contributed by atoms with van der Waals surface area (Å²) in [7, 11) is 0. The second kappa shape index (κ2) is 14.0. The van der Waals surface area contributed by atoms with Gasteiger partial charge in [0.15, 0.2) is 17.5 Å². The third-order valence-corrected chi connectivity index (χ3v) is 10.8. The Hall–Kier alpha value is -7.15. The van der Waals surface area contributed by atoms with E-state index in [2.05, 4.69) is 127 Å². The van der Waals surface area contributed by atoms with Crippen LogP contribution in [-0.2, 0) is 0 Å². The lowest BCUT2D eigenvalue weighted by molar-refractivity contribution is 1.08. The molecule has 0 unspecified atom stereocenters. The number of hydrogen-bond acceptors (Lipinski definition) is 6. The Morgan fingerprint density at radius 2 is 0.727 bits per heavy atom. The molecule has 0 aliphatic heterocycles. The number of aromatic nitrogens is 5. The van der Waals surface area contributed by atoms with Gasteiger partial charge in [0, 0.05) is 38.1 Å². The van der Waals surface area contributed by atoms with Crippen LogP contribution < -0.4 is 0 Å². The smallest absolute Gasteiger partial charge is 0.174 e. The van der Waals surface area contributed by atoms with Crippen molar-refractivity contribution in [1.29, 1.82) is 0 Å². The summed E-state index contributed by atoms with van der Waals surface area (Å²) in [5, 5.41) is 3.47. The van der Waals surface area contributed by atoms with Gasteiger partial charge in [0.2, 0.25) is 0 Å². The Bertz CT molecular complexity index is 2950. The topological polar surface area (TPSA) is 64.5 Å². The molecule has 0 amide bonds. The molecule has 55 heavy (non-hydrogen) atoms. The highest BCUT2D eigenvalue weighted by Gasteiger charge is 2.21. The van der Waals surface area contributed by atoms with Gasteiger partial charge in [0.05, 0.1) is 27.7 Å². The van der Waals surface area contributed by atoms with Gasteiger partial charge in [-0.15, -0.1) is 11.3 Å². The highest BCUT2D eigenvalue weighted by molar-refractivity contribution is 7.22. The van der Waals surface area contributed by atoms with Gasteiger partial charge in [0.25, 0.3) is 0 Å². The molecule has 0 spiro atoms. The Kier molecular flexibility index (Phi) is 8.28. The van der Waals surface area contributed by atoms with Crippen molar-refractivity contribution in [1.82, 2.24) is 24.9 Å². The molecular weight excluding hydrogens is 691 g/mol. The molecule has 10 aromatic rings. The first-order chi connectivity index (χ1) is 27.2. The Morgan fingerprint density at radius 3 is 1.33 bits per heavy atom. The average molecular weight is 722 g/mol. The summed E-state index contributed by atoms with van der Waals surface area (Å²) in [6.07, 6.45) is 0. The maximum atomic E-state index is 5.47. The highest BCUT2D eigenvalue weighted by Crippen LogP contribution is 2.39. The summed E-state index contributed by atoms with van der Waals surface area (Å²) in [5.74, 6) is 1.85. The molecule has 0 saturated heterocycles. The lowest BCUT2D eigenvalue weighted by Crippen LogP contribution is -2.02. The van der Waals surface area contributed by atoms with E-state index in [1.807, 2.05) is 60.7 Å². The third kappa shape index (κ3) is 6.35. The van der Waals surface area contributed by atoms with Crippen LogP contribution in [0.1, 0.15) is 0 Å². The van der Waals surface area contributed by atoms with E-state index in [0.29, 0.717) is 17.5 Å². The molecule has 258 valence electrons. The molecule has 7 aromatic carbocycles. The van der Waals surface area contributed by atoms with E-state index >= 15 is 0 Å². The van der Waals surface area contributed by atoms with Crippen molar-refractivity contribution in [3.8, 4) is 78.5 Å². The van der Waals surface area contributed by atoms with E-state index in [1.165, 1.54) is 15.5 Å². The van der Waals surface area contributed by atoms with Crippen molar-refractivity contribution in [2.24, 2.45) is 0 Å². The van der Waals surface area contributed by atoms with Crippen LogP contribution in [0.15, 0.2) is 188 Å². The zero-order valence-corrected chi connectivity index (χ0v) is 30.4. The fourth-order valence-electron chi connectivity index (χ4n) is 7.00.